The number of nitrogens with one attached hydrogen (secondary N) is 1. The normalized spacial score (nSPS) is 15.1. The topological polar surface area (TPSA) is 12.0 Å². The average Bonchev–Trinajstić information content (AvgIpc) is 2.36. The Morgan fingerprint density at radius 2 is 1.67 bits per heavy atom. The van der Waals surface area contributed by atoms with Crippen LogP contribution in [0.3, 0.4) is 0 Å². The molecule has 0 bridgehead atoms. The second-order valence-electron chi connectivity index (χ2n) is 5.19. The fraction of sp³-hybridized carbons (Fsp3) is 0.294. The van der Waals surface area contributed by atoms with E-state index in [1.165, 1.54) is 36.9 Å². The Morgan fingerprint density at radius 3 is 2.39 bits per heavy atom. The summed E-state index contributed by atoms with van der Waals surface area (Å²) in [6.07, 6.45) is 5.49. The van der Waals surface area contributed by atoms with E-state index in [0.717, 1.165) is 11.6 Å². The molecule has 1 N–H and O–H groups in total. The molecule has 92 valence electrons. The first-order valence-corrected chi connectivity index (χ1v) is 6.81. The summed E-state index contributed by atoms with van der Waals surface area (Å²) in [5.41, 5.74) is 3.80. The molecule has 2 aromatic carbocycles. The lowest BCUT2D eigenvalue weighted by Crippen LogP contribution is -2.13. The van der Waals surface area contributed by atoms with Crippen molar-refractivity contribution in [3.05, 3.63) is 60.2 Å². The van der Waals surface area contributed by atoms with Gasteiger partial charge in [0.1, 0.15) is 0 Å². The number of rotatable bonds is 4. The molecular weight excluding hydrogens is 218 g/mol. The molecule has 18 heavy (non-hydrogen) atoms. The van der Waals surface area contributed by atoms with Crippen LogP contribution < -0.4 is 5.32 Å². The Balaban J connectivity index is 1.70. The molecule has 1 fully saturated rings. The van der Waals surface area contributed by atoms with E-state index in [1.54, 1.807) is 0 Å². The van der Waals surface area contributed by atoms with Crippen LogP contribution in [0.2, 0.25) is 0 Å². The van der Waals surface area contributed by atoms with E-state index in [1.807, 2.05) is 6.07 Å². The van der Waals surface area contributed by atoms with Crippen molar-refractivity contribution in [1.29, 1.82) is 0 Å². The largest absolute Gasteiger partial charge is 0.356 e. The van der Waals surface area contributed by atoms with Gasteiger partial charge in [0.15, 0.2) is 0 Å². The molecule has 0 heterocycles. The van der Waals surface area contributed by atoms with Gasteiger partial charge in [-0.3, -0.25) is 0 Å². The summed E-state index contributed by atoms with van der Waals surface area (Å²) in [4.78, 5) is 0. The lowest BCUT2D eigenvalue weighted by molar-refractivity contribution is 0.314. The molecule has 0 unspecified atom stereocenters. The summed E-state index contributed by atoms with van der Waals surface area (Å²) in [6.45, 7) is 0. The third kappa shape index (κ3) is 2.73. The highest BCUT2D eigenvalue weighted by Gasteiger charge is 2.17. The van der Waals surface area contributed by atoms with Gasteiger partial charge in [0.2, 0.25) is 0 Å². The molecule has 1 aliphatic rings. The van der Waals surface area contributed by atoms with Crippen molar-refractivity contribution < 1.29 is 0 Å². The molecular formula is C17H19N. The van der Waals surface area contributed by atoms with Crippen LogP contribution >= 0.6 is 0 Å². The molecule has 0 saturated heterocycles. The Labute approximate surface area is 109 Å². The third-order valence-electron chi connectivity index (χ3n) is 3.74. The summed E-state index contributed by atoms with van der Waals surface area (Å²) in [5.74, 6) is 0.928. The van der Waals surface area contributed by atoms with Gasteiger partial charge >= 0.3 is 0 Å². The first-order chi connectivity index (χ1) is 8.90. The van der Waals surface area contributed by atoms with Crippen molar-refractivity contribution >= 4 is 11.4 Å². The van der Waals surface area contributed by atoms with Crippen LogP contribution in [0, 0.1) is 5.92 Å². The highest BCUT2D eigenvalue weighted by atomic mass is 14.9. The first-order valence-electron chi connectivity index (χ1n) is 6.81. The van der Waals surface area contributed by atoms with Gasteiger partial charge in [-0.1, -0.05) is 49.6 Å². The molecule has 1 aliphatic carbocycles. The molecule has 3 rings (SSSR count). The monoisotopic (exact) mass is 237 g/mol. The van der Waals surface area contributed by atoms with E-state index in [9.17, 15) is 0 Å². The SMILES string of the molecule is c1ccc(Nc2cccc(CC3CCC3)c2)cc1. The Morgan fingerprint density at radius 1 is 0.889 bits per heavy atom. The zero-order chi connectivity index (χ0) is 12.2. The average molecular weight is 237 g/mol. The predicted molar refractivity (Wildman–Crippen MR) is 77.2 cm³/mol. The molecule has 0 aromatic heterocycles. The molecule has 0 aliphatic heterocycles. The summed E-state index contributed by atoms with van der Waals surface area (Å²) in [6, 6.07) is 19.2. The van der Waals surface area contributed by atoms with Crippen LogP contribution in [-0.2, 0) is 6.42 Å². The molecule has 1 nitrogen and oxygen atoms in total. The van der Waals surface area contributed by atoms with Gasteiger partial charge in [-0.2, -0.15) is 0 Å². The predicted octanol–water partition coefficient (Wildman–Crippen LogP) is 4.77. The van der Waals surface area contributed by atoms with Crippen molar-refractivity contribution in [2.45, 2.75) is 25.7 Å². The zero-order valence-electron chi connectivity index (χ0n) is 10.6. The van der Waals surface area contributed by atoms with E-state index < -0.39 is 0 Å². The molecule has 0 atom stereocenters. The minimum Gasteiger partial charge on any atom is -0.356 e. The summed E-state index contributed by atoms with van der Waals surface area (Å²) < 4.78 is 0. The van der Waals surface area contributed by atoms with Crippen molar-refractivity contribution in [2.75, 3.05) is 5.32 Å². The van der Waals surface area contributed by atoms with Crippen LogP contribution in [0.4, 0.5) is 11.4 Å². The van der Waals surface area contributed by atoms with E-state index in [4.69, 9.17) is 0 Å². The quantitative estimate of drug-likeness (QED) is 0.807. The molecule has 2 aromatic rings. The van der Waals surface area contributed by atoms with Crippen LogP contribution in [0.25, 0.3) is 0 Å². The molecule has 0 radical (unpaired) electrons. The van der Waals surface area contributed by atoms with E-state index in [2.05, 4.69) is 53.8 Å². The molecule has 0 spiro atoms. The van der Waals surface area contributed by atoms with E-state index in [0.29, 0.717) is 0 Å². The number of hydrogen-bond acceptors (Lipinski definition) is 1. The Kier molecular flexibility index (Phi) is 3.31. The van der Waals surface area contributed by atoms with E-state index in [-0.39, 0.29) is 0 Å². The highest BCUT2D eigenvalue weighted by molar-refractivity contribution is 5.60. The third-order valence-corrected chi connectivity index (χ3v) is 3.74. The second-order valence-corrected chi connectivity index (χ2v) is 5.19. The van der Waals surface area contributed by atoms with Gasteiger partial charge in [-0.05, 0) is 42.2 Å². The fourth-order valence-electron chi connectivity index (χ4n) is 2.49. The minimum atomic E-state index is 0.928. The van der Waals surface area contributed by atoms with Gasteiger partial charge < -0.3 is 5.32 Å². The Hall–Kier alpha value is -1.76. The van der Waals surface area contributed by atoms with Gasteiger partial charge in [-0.15, -0.1) is 0 Å². The smallest absolute Gasteiger partial charge is 0.0386 e. The fourth-order valence-corrected chi connectivity index (χ4v) is 2.49. The maximum absolute atomic E-state index is 3.45. The molecule has 1 saturated carbocycles. The number of hydrogen-bond donors (Lipinski definition) is 1. The lowest BCUT2D eigenvalue weighted by atomic mass is 9.81. The standard InChI is InChI=1S/C17H19N/c1-2-9-16(10-3-1)18-17-11-5-8-15(13-17)12-14-6-4-7-14/h1-3,5,8-11,13-14,18H,4,6-7,12H2. The number of anilines is 2. The molecule has 0 amide bonds. The van der Waals surface area contributed by atoms with Gasteiger partial charge in [0.25, 0.3) is 0 Å². The van der Waals surface area contributed by atoms with Crippen LogP contribution in [0.15, 0.2) is 54.6 Å². The van der Waals surface area contributed by atoms with Crippen LogP contribution in [-0.4, -0.2) is 0 Å². The summed E-state index contributed by atoms with van der Waals surface area (Å²) in [5, 5.41) is 3.45. The van der Waals surface area contributed by atoms with Gasteiger partial charge in [-0.25, -0.2) is 0 Å². The van der Waals surface area contributed by atoms with Gasteiger partial charge in [0, 0.05) is 11.4 Å². The maximum Gasteiger partial charge on any atom is 0.0386 e. The number of para-hydroxylation sites is 1. The summed E-state index contributed by atoms with van der Waals surface area (Å²) in [7, 11) is 0. The van der Waals surface area contributed by atoms with Crippen molar-refractivity contribution in [3.63, 3.8) is 0 Å². The van der Waals surface area contributed by atoms with Crippen LogP contribution in [0.1, 0.15) is 24.8 Å². The maximum atomic E-state index is 3.45. The van der Waals surface area contributed by atoms with E-state index >= 15 is 0 Å². The zero-order valence-corrected chi connectivity index (χ0v) is 10.6. The van der Waals surface area contributed by atoms with Crippen molar-refractivity contribution in [2.24, 2.45) is 5.92 Å². The van der Waals surface area contributed by atoms with Crippen molar-refractivity contribution in [1.82, 2.24) is 0 Å². The second kappa shape index (κ2) is 5.26. The first kappa shape index (κ1) is 11.3. The van der Waals surface area contributed by atoms with Crippen molar-refractivity contribution in [3.8, 4) is 0 Å². The molecule has 1 heteroatoms. The van der Waals surface area contributed by atoms with Gasteiger partial charge in [0.05, 0.1) is 0 Å². The highest BCUT2D eigenvalue weighted by Crippen LogP contribution is 2.30. The summed E-state index contributed by atoms with van der Waals surface area (Å²) >= 11 is 0. The number of benzene rings is 2. The Bertz CT molecular complexity index is 500. The van der Waals surface area contributed by atoms with Crippen LogP contribution in [0.5, 0.6) is 0 Å². The minimum absolute atomic E-state index is 0.928. The lowest BCUT2D eigenvalue weighted by Gasteiger charge is -2.25.